The lowest BCUT2D eigenvalue weighted by Gasteiger charge is -2.33. The number of para-hydroxylation sites is 3. The smallest absolute Gasteiger partial charge is 0.253 e. The first kappa shape index (κ1) is 67.2. The molecule has 0 saturated carbocycles. The Balaban J connectivity index is 0.000000157. The molecule has 3 aliphatic heterocycles. The van der Waals surface area contributed by atoms with Crippen molar-refractivity contribution in [1.29, 1.82) is 5.41 Å². The van der Waals surface area contributed by atoms with Crippen LogP contribution in [-0.4, -0.2) is 113 Å². The van der Waals surface area contributed by atoms with Gasteiger partial charge in [-0.1, -0.05) is 98.7 Å². The number of anilines is 3. The molecule has 3 fully saturated rings. The number of carbonyl (C=O) groups is 4. The summed E-state index contributed by atoms with van der Waals surface area (Å²) in [6.07, 6.45) is 10.9. The fraction of sp³-hybridized carbons (Fsp3) is 0.205. The fourth-order valence-corrected chi connectivity index (χ4v) is 12.3. The van der Waals surface area contributed by atoms with Gasteiger partial charge in [0.15, 0.2) is 0 Å². The number of piperidine rings is 3. The molecule has 12 rings (SSSR count). The van der Waals surface area contributed by atoms with Crippen molar-refractivity contribution in [3.05, 3.63) is 225 Å². The summed E-state index contributed by atoms with van der Waals surface area (Å²) in [6.45, 7) is 14.3. The number of ether oxygens (including phenoxy) is 3. The van der Waals surface area contributed by atoms with Gasteiger partial charge in [0.1, 0.15) is 74.2 Å². The van der Waals surface area contributed by atoms with E-state index in [9.17, 15) is 19.2 Å². The van der Waals surface area contributed by atoms with Crippen molar-refractivity contribution in [3.63, 3.8) is 0 Å². The molecule has 0 radical (unpaired) electrons. The molecule has 9 aromatic rings. The van der Waals surface area contributed by atoms with E-state index in [1.165, 1.54) is 18.2 Å². The topological polar surface area (TPSA) is 326 Å². The summed E-state index contributed by atoms with van der Waals surface area (Å²) >= 11 is 5.29. The minimum absolute atomic E-state index is 0.0415. The summed E-state index contributed by atoms with van der Waals surface area (Å²) in [5.74, 6) is 4.32. The van der Waals surface area contributed by atoms with E-state index in [0.717, 1.165) is 72.5 Å². The normalized spacial score (nSPS) is 15.9. The zero-order valence-corrected chi connectivity index (χ0v) is 53.9. The molecular weight excluding hydrogens is 1230 g/mol. The Bertz CT molecular complexity index is 3850. The van der Waals surface area contributed by atoms with E-state index in [1.807, 2.05) is 175 Å². The number of likely N-dealkylation sites (tertiary alicyclic amines) is 3. The van der Waals surface area contributed by atoms with Crippen LogP contribution in [0, 0.1) is 5.41 Å². The Morgan fingerprint density at radius 1 is 0.458 bits per heavy atom. The summed E-state index contributed by atoms with van der Waals surface area (Å²) in [6, 6.07) is 50.8. The first-order chi connectivity index (χ1) is 46.4. The van der Waals surface area contributed by atoms with E-state index in [0.29, 0.717) is 102 Å². The first-order valence-electron chi connectivity index (χ1n) is 31.4. The van der Waals surface area contributed by atoms with E-state index >= 15 is 0 Å². The molecule has 13 N–H and O–H groups in total. The highest BCUT2D eigenvalue weighted by Gasteiger charge is 2.32. The number of thiocarbonyl (C=S) groups is 1. The van der Waals surface area contributed by atoms with E-state index in [2.05, 4.69) is 19.7 Å². The maximum Gasteiger partial charge on any atom is 0.253 e. The third-order valence-corrected chi connectivity index (χ3v) is 17.0. The molecule has 23 heteroatoms. The van der Waals surface area contributed by atoms with E-state index in [4.69, 9.17) is 76.4 Å². The van der Waals surface area contributed by atoms with E-state index in [-0.39, 0.29) is 52.2 Å². The number of amidine groups is 1. The number of primary amides is 1. The monoisotopic (exact) mass is 1310 g/mol. The second-order valence-electron chi connectivity index (χ2n) is 23.1. The van der Waals surface area contributed by atoms with Crippen LogP contribution in [0.3, 0.4) is 0 Å². The van der Waals surface area contributed by atoms with Crippen molar-refractivity contribution in [2.24, 2.45) is 17.2 Å². The first-order valence-corrected chi connectivity index (χ1v) is 31.8. The molecule has 3 unspecified atom stereocenters. The van der Waals surface area contributed by atoms with Crippen LogP contribution in [0.1, 0.15) is 78.1 Å². The van der Waals surface area contributed by atoms with Crippen molar-refractivity contribution < 1.29 is 33.4 Å². The molecule has 22 nitrogen and oxygen atoms in total. The van der Waals surface area contributed by atoms with E-state index in [1.54, 1.807) is 24.1 Å². The predicted octanol–water partition coefficient (Wildman–Crippen LogP) is 11.4. The van der Waals surface area contributed by atoms with Crippen molar-refractivity contribution in [1.82, 2.24) is 38.8 Å². The lowest BCUT2D eigenvalue weighted by Crippen LogP contribution is -2.40. The molecule has 0 spiro atoms. The van der Waals surface area contributed by atoms with Crippen LogP contribution in [0.4, 0.5) is 17.5 Å². The lowest BCUT2D eigenvalue weighted by atomic mass is 10.0. The maximum atomic E-state index is 12.3. The summed E-state index contributed by atoms with van der Waals surface area (Å²) < 4.78 is 22.9. The van der Waals surface area contributed by atoms with Crippen molar-refractivity contribution in [2.75, 3.05) is 56.5 Å². The van der Waals surface area contributed by atoms with E-state index < -0.39 is 5.91 Å². The number of amides is 4. The zero-order chi connectivity index (χ0) is 68.0. The Labute approximate surface area is 562 Å². The zero-order valence-electron chi connectivity index (χ0n) is 53.0. The van der Waals surface area contributed by atoms with Crippen LogP contribution in [0.5, 0.6) is 34.5 Å². The summed E-state index contributed by atoms with van der Waals surface area (Å²) in [5.41, 5.74) is 42.2. The van der Waals surface area contributed by atoms with Gasteiger partial charge in [-0.15, -0.1) is 0 Å². The second kappa shape index (κ2) is 30.8. The summed E-state index contributed by atoms with van der Waals surface area (Å²) in [7, 11) is 0. The standard InChI is InChI=1S/C25H26N4O3.C24H26N6O2.C24H25N5O2S/c1-2-22(30)28-14-6-7-18(15-28)29-16-21(23(24(29)26)25(27)31)17-10-12-20(13-11-17)32-19-8-4-3-5-9-19;1-2-20(31)29-14-6-7-17(15-29)30-24(27)21(23(25)26)22(28-30)16-10-12-19(13-11-16)32-18-8-4-3-5-9-18;1-2-20(30)28-14-6-7-17(15-28)29-23(25)21(24(26)32)22(27-29)16-10-12-19(13-11-16)31-18-8-4-3-5-9-18/h2-5,8-13,16,18H,1,6-7,14-15,26H2,(H2,27,31);2-5,8-13,17H,1,6-7,14-15,27H2,(H3,25,26);2-5,8-13,17H,1,6-7,14-15,25H2,(H2,26,32). The van der Waals surface area contributed by atoms with Crippen molar-refractivity contribution in [3.8, 4) is 68.1 Å². The third-order valence-electron chi connectivity index (χ3n) is 16.8. The minimum atomic E-state index is -0.587. The lowest BCUT2D eigenvalue weighted by molar-refractivity contribution is -0.128. The fourth-order valence-electron chi connectivity index (χ4n) is 12.1. The van der Waals surface area contributed by atoms with Gasteiger partial charge in [0.05, 0.1) is 34.8 Å². The number of nitrogen functional groups attached to an aromatic ring is 4. The number of carbonyl (C=O) groups excluding carboxylic acids is 4. The molecule has 3 aromatic heterocycles. The van der Waals surface area contributed by atoms with Gasteiger partial charge in [0.25, 0.3) is 5.91 Å². The van der Waals surface area contributed by atoms with Gasteiger partial charge in [-0.25, -0.2) is 9.36 Å². The quantitative estimate of drug-likeness (QED) is 0.0182. The van der Waals surface area contributed by atoms with Crippen LogP contribution in [0.2, 0.25) is 0 Å². The Morgan fingerprint density at radius 2 is 0.792 bits per heavy atom. The van der Waals surface area contributed by atoms with Gasteiger partial charge in [0, 0.05) is 62.2 Å². The SMILES string of the molecule is C=CC(=O)N1CCCC(n2cc(-c3ccc(Oc4ccccc4)cc3)c(C(N)=O)c2N)C1.C=CC(=O)N1CCCC(n2nc(-c3ccc(Oc4ccccc4)cc3)c(C(=N)N)c2N)C1.C=CC(=O)N1CCCC(n2nc(-c3ccc(Oc4ccccc4)cc3)c(C(N)=S)c2N)C1. The Hall–Kier alpha value is -11.7. The number of hydrogen-bond acceptors (Lipinski definition) is 14. The van der Waals surface area contributed by atoms with Gasteiger partial charge >= 0.3 is 0 Å². The number of rotatable bonds is 18. The molecule has 0 aliphatic carbocycles. The van der Waals surface area contributed by atoms with Crippen LogP contribution >= 0.6 is 12.2 Å². The molecule has 6 heterocycles. The van der Waals surface area contributed by atoms with Crippen LogP contribution in [-0.2, 0) is 14.4 Å². The Morgan fingerprint density at radius 3 is 1.15 bits per heavy atom. The largest absolute Gasteiger partial charge is 0.457 e. The molecule has 0 bridgehead atoms. The summed E-state index contributed by atoms with van der Waals surface area (Å²) in [4.78, 5) is 53.9. The number of benzene rings is 6. The van der Waals surface area contributed by atoms with Crippen LogP contribution < -0.4 is 48.6 Å². The highest BCUT2D eigenvalue weighted by molar-refractivity contribution is 7.80. The maximum absolute atomic E-state index is 12.3. The highest BCUT2D eigenvalue weighted by atomic mass is 32.1. The number of hydrogen-bond donors (Lipinski definition) is 7. The Kier molecular flexibility index (Phi) is 21.6. The molecule has 4 amide bonds. The number of nitrogens with two attached hydrogens (primary N) is 6. The van der Waals surface area contributed by atoms with Crippen LogP contribution in [0.25, 0.3) is 33.6 Å². The average molecular weight is 1310 g/mol. The molecule has 492 valence electrons. The molecular formula is C73H77N15O7S. The number of aromatic nitrogens is 5. The predicted molar refractivity (Wildman–Crippen MR) is 379 cm³/mol. The van der Waals surface area contributed by atoms with Gasteiger partial charge in [-0.3, -0.25) is 24.6 Å². The molecule has 3 aliphatic rings. The highest BCUT2D eigenvalue weighted by Crippen LogP contribution is 2.39. The molecule has 96 heavy (non-hydrogen) atoms. The number of nitrogens with one attached hydrogen (secondary N) is 1. The van der Waals surface area contributed by atoms with Crippen LogP contribution in [0.15, 0.2) is 208 Å². The molecule has 3 saturated heterocycles. The molecule has 3 atom stereocenters. The van der Waals surface area contributed by atoms with Gasteiger partial charge < -0.3 is 67.9 Å². The van der Waals surface area contributed by atoms with Gasteiger partial charge in [0.2, 0.25) is 17.7 Å². The third kappa shape index (κ3) is 15.7. The van der Waals surface area contributed by atoms with Crippen molar-refractivity contribution >= 4 is 64.1 Å². The minimum Gasteiger partial charge on any atom is -0.457 e. The molecule has 6 aromatic carbocycles. The van der Waals surface area contributed by atoms with Gasteiger partial charge in [-0.2, -0.15) is 10.2 Å². The average Bonchev–Trinajstić information content (AvgIpc) is 1.66. The second-order valence-corrected chi connectivity index (χ2v) is 23.6. The van der Waals surface area contributed by atoms with Crippen molar-refractivity contribution in [2.45, 2.75) is 56.7 Å². The number of nitrogens with zero attached hydrogens (tertiary/aromatic N) is 8. The summed E-state index contributed by atoms with van der Waals surface area (Å²) in [5, 5.41) is 17.6. The van der Waals surface area contributed by atoms with Gasteiger partial charge in [-0.05, 0) is 159 Å².